The monoisotopic (exact) mass is 432 g/mol. The molecule has 11 heteroatoms. The van der Waals surface area contributed by atoms with Gasteiger partial charge in [0.25, 0.3) is 10.1 Å². The van der Waals surface area contributed by atoms with E-state index in [0.717, 1.165) is 11.8 Å². The molecule has 0 saturated carbocycles. The van der Waals surface area contributed by atoms with Crippen LogP contribution in [0.5, 0.6) is 5.75 Å². The third-order valence-corrected chi connectivity index (χ3v) is 4.43. The van der Waals surface area contributed by atoms with Crippen LogP contribution in [0.4, 0.5) is 0 Å². The van der Waals surface area contributed by atoms with Crippen LogP contribution in [0.25, 0.3) is 0 Å². The number of hydrogen-bond donors (Lipinski definition) is 0. The van der Waals surface area contributed by atoms with Crippen LogP contribution in [0.2, 0.25) is 0 Å². The molecule has 3 rings (SSSR count). The van der Waals surface area contributed by atoms with E-state index in [1.54, 1.807) is 24.3 Å². The molecular weight excluding hydrogens is 412 g/mol. The summed E-state index contributed by atoms with van der Waals surface area (Å²) in [6.07, 6.45) is 1.32. The maximum atomic E-state index is 12.2. The van der Waals surface area contributed by atoms with E-state index in [1.165, 1.54) is 11.1 Å². The van der Waals surface area contributed by atoms with E-state index in [-0.39, 0.29) is 19.8 Å². The molecule has 2 aromatic carbocycles. The van der Waals surface area contributed by atoms with Crippen molar-refractivity contribution in [3.63, 3.8) is 0 Å². The first-order chi connectivity index (χ1) is 14.4. The van der Waals surface area contributed by atoms with Crippen molar-refractivity contribution in [2.24, 2.45) is 0 Å². The van der Waals surface area contributed by atoms with Crippen molar-refractivity contribution in [3.05, 3.63) is 72.1 Å². The van der Waals surface area contributed by atoms with Gasteiger partial charge in [-0.25, -0.2) is 4.79 Å². The third-order valence-electron chi connectivity index (χ3n) is 3.81. The second-order valence-electron chi connectivity index (χ2n) is 6.31. The topological polar surface area (TPSA) is 123 Å². The highest BCUT2D eigenvalue weighted by atomic mass is 32.2. The molecule has 0 amide bonds. The van der Waals surface area contributed by atoms with Gasteiger partial charge in [0.2, 0.25) is 0 Å². The number of tetrazole rings is 1. The lowest BCUT2D eigenvalue weighted by atomic mass is 10.2. The van der Waals surface area contributed by atoms with E-state index in [9.17, 15) is 13.2 Å². The minimum absolute atomic E-state index is 0.0387. The number of carbonyl (C=O) groups excluding carboxylic acids is 1. The predicted octanol–water partition coefficient (Wildman–Crippen LogP) is 1.45. The molecule has 3 aromatic rings. The van der Waals surface area contributed by atoms with Crippen LogP contribution < -0.4 is 4.74 Å². The predicted molar refractivity (Wildman–Crippen MR) is 105 cm³/mol. The van der Waals surface area contributed by atoms with Crippen molar-refractivity contribution in [2.75, 3.05) is 12.9 Å². The number of rotatable bonds is 10. The maximum absolute atomic E-state index is 12.2. The molecular formula is C19H20N4O6S. The molecule has 0 fully saturated rings. The molecule has 0 unspecified atom stereocenters. The molecule has 0 aliphatic carbocycles. The molecule has 1 aromatic heterocycles. The zero-order valence-electron chi connectivity index (χ0n) is 16.1. The highest BCUT2D eigenvalue weighted by molar-refractivity contribution is 7.86. The van der Waals surface area contributed by atoms with Crippen molar-refractivity contribution in [1.82, 2.24) is 20.2 Å². The Morgan fingerprint density at radius 2 is 1.83 bits per heavy atom. The summed E-state index contributed by atoms with van der Waals surface area (Å²) in [5.74, 6) is -0.0239. The fourth-order valence-corrected chi connectivity index (χ4v) is 3.11. The van der Waals surface area contributed by atoms with E-state index < -0.39 is 22.2 Å². The molecule has 0 aliphatic rings. The molecule has 10 nitrogen and oxygen atoms in total. The maximum Gasteiger partial charge on any atom is 0.338 e. The van der Waals surface area contributed by atoms with Gasteiger partial charge in [-0.1, -0.05) is 30.3 Å². The van der Waals surface area contributed by atoms with Gasteiger partial charge in [0.05, 0.1) is 18.4 Å². The van der Waals surface area contributed by atoms with Crippen molar-refractivity contribution in [1.29, 1.82) is 0 Å². The van der Waals surface area contributed by atoms with Gasteiger partial charge < -0.3 is 9.47 Å². The minimum Gasteiger partial charge on any atom is -0.491 e. The van der Waals surface area contributed by atoms with E-state index in [0.29, 0.717) is 11.3 Å². The summed E-state index contributed by atoms with van der Waals surface area (Å²) in [4.78, 5) is 13.4. The van der Waals surface area contributed by atoms with Crippen LogP contribution in [-0.4, -0.2) is 53.6 Å². The van der Waals surface area contributed by atoms with Gasteiger partial charge in [-0.3, -0.25) is 4.18 Å². The first kappa shape index (κ1) is 21.4. The number of ether oxygens (including phenoxy) is 2. The molecule has 0 saturated heterocycles. The zero-order chi connectivity index (χ0) is 21.4. The first-order valence-electron chi connectivity index (χ1n) is 8.92. The lowest BCUT2D eigenvalue weighted by molar-refractivity contribution is 0.0472. The number of esters is 1. The third kappa shape index (κ3) is 6.94. The van der Waals surface area contributed by atoms with Crippen molar-refractivity contribution < 1.29 is 26.9 Å². The van der Waals surface area contributed by atoms with Gasteiger partial charge in [-0.05, 0) is 35.0 Å². The van der Waals surface area contributed by atoms with Gasteiger partial charge in [0, 0.05) is 0 Å². The number of aromatic nitrogens is 4. The molecule has 1 atom stereocenters. The van der Waals surface area contributed by atoms with Crippen LogP contribution in [0, 0.1) is 0 Å². The summed E-state index contributed by atoms with van der Waals surface area (Å²) in [5, 5.41) is 11.1. The van der Waals surface area contributed by atoms with Gasteiger partial charge >= 0.3 is 5.97 Å². The van der Waals surface area contributed by atoms with E-state index in [4.69, 9.17) is 13.7 Å². The molecule has 1 heterocycles. The summed E-state index contributed by atoms with van der Waals surface area (Å²) >= 11 is 0. The Morgan fingerprint density at radius 3 is 2.47 bits per heavy atom. The average Bonchev–Trinajstić information content (AvgIpc) is 3.23. The quantitative estimate of drug-likeness (QED) is 0.346. The normalized spacial score (nSPS) is 12.3. The van der Waals surface area contributed by atoms with E-state index in [1.807, 2.05) is 30.3 Å². The second-order valence-corrected chi connectivity index (χ2v) is 7.91. The van der Waals surface area contributed by atoms with E-state index in [2.05, 4.69) is 15.4 Å². The van der Waals surface area contributed by atoms with Gasteiger partial charge in [-0.2, -0.15) is 13.2 Å². The van der Waals surface area contributed by atoms with E-state index >= 15 is 0 Å². The number of benzene rings is 2. The number of hydrogen-bond acceptors (Lipinski definition) is 9. The summed E-state index contributed by atoms with van der Waals surface area (Å²) in [6.45, 7) is 0.141. The Kier molecular flexibility index (Phi) is 7.09. The molecule has 0 aliphatic heterocycles. The average molecular weight is 432 g/mol. The Balaban J connectivity index is 1.54. The lowest BCUT2D eigenvalue weighted by Gasteiger charge is -2.16. The number of carbonyl (C=O) groups is 1. The fraction of sp³-hybridized carbons (Fsp3) is 0.263. The summed E-state index contributed by atoms with van der Waals surface area (Å²) in [6, 6.07) is 15.7. The molecule has 0 N–H and O–H groups in total. The summed E-state index contributed by atoms with van der Waals surface area (Å²) in [5.41, 5.74) is 1.26. The summed E-state index contributed by atoms with van der Waals surface area (Å²) in [7, 11) is -3.71. The highest BCUT2D eigenvalue weighted by Crippen LogP contribution is 2.15. The van der Waals surface area contributed by atoms with Crippen LogP contribution in [0.15, 0.2) is 60.9 Å². The molecule has 0 radical (unpaired) electrons. The molecule has 30 heavy (non-hydrogen) atoms. The smallest absolute Gasteiger partial charge is 0.338 e. The van der Waals surface area contributed by atoms with Crippen LogP contribution >= 0.6 is 0 Å². The van der Waals surface area contributed by atoms with Crippen LogP contribution in [0.1, 0.15) is 15.9 Å². The fourth-order valence-electron chi connectivity index (χ4n) is 2.50. The summed E-state index contributed by atoms with van der Waals surface area (Å²) < 4.78 is 38.8. The largest absolute Gasteiger partial charge is 0.491 e. The highest BCUT2D eigenvalue weighted by Gasteiger charge is 2.19. The van der Waals surface area contributed by atoms with Crippen molar-refractivity contribution >= 4 is 16.1 Å². The Bertz CT molecular complexity index is 1040. The van der Waals surface area contributed by atoms with Crippen LogP contribution in [-0.2, 0) is 32.2 Å². The Morgan fingerprint density at radius 1 is 1.10 bits per heavy atom. The minimum atomic E-state index is -3.71. The molecule has 0 bridgehead atoms. The zero-order valence-corrected chi connectivity index (χ0v) is 16.9. The Labute approximate surface area is 173 Å². The molecule has 158 valence electrons. The standard InChI is InChI=1S/C19H20N4O6S/c1-30(25,26)29-18(11-23-21-14-20-22-23)13-27-17-9-7-16(8-10-17)19(24)28-12-15-5-3-2-4-6-15/h2-10,14,18H,11-13H2,1H3/t18-/m1/s1. The van der Waals surface area contributed by atoms with Crippen molar-refractivity contribution in [3.8, 4) is 5.75 Å². The second kappa shape index (κ2) is 9.94. The number of nitrogens with zero attached hydrogens (tertiary/aromatic N) is 4. The lowest BCUT2D eigenvalue weighted by Crippen LogP contribution is -2.30. The SMILES string of the molecule is CS(=O)(=O)O[C@@H](COc1ccc(C(=O)OCc2ccccc2)cc1)Cn1ncnn1. The van der Waals surface area contributed by atoms with Gasteiger partial charge in [-0.15, -0.1) is 10.2 Å². The van der Waals surface area contributed by atoms with Gasteiger partial charge in [0.15, 0.2) is 6.33 Å². The first-order valence-corrected chi connectivity index (χ1v) is 10.7. The van der Waals surface area contributed by atoms with Crippen LogP contribution in [0.3, 0.4) is 0 Å². The molecule has 0 spiro atoms. The van der Waals surface area contributed by atoms with Crippen molar-refractivity contribution in [2.45, 2.75) is 19.3 Å². The Hall–Kier alpha value is -3.31. The van der Waals surface area contributed by atoms with Gasteiger partial charge in [0.1, 0.15) is 25.1 Å².